The van der Waals surface area contributed by atoms with Crippen LogP contribution in [0.15, 0.2) is 24.8 Å². The Kier molecular flexibility index (Phi) is 3.49. The molecule has 0 aliphatic carbocycles. The molecular formula is C17H18N6O2S. The summed E-state index contributed by atoms with van der Waals surface area (Å²) >= 11 is 1.46. The molecule has 2 aliphatic heterocycles. The maximum absolute atomic E-state index is 12.7. The Balaban J connectivity index is 1.58. The number of aromatic amines is 1. The average Bonchev–Trinajstić information content (AvgIpc) is 3.35. The van der Waals surface area contributed by atoms with Crippen LogP contribution in [0.4, 0.5) is 5.69 Å². The molecule has 0 radical (unpaired) electrons. The molecule has 1 atom stereocenters. The molecule has 2 N–H and O–H groups in total. The summed E-state index contributed by atoms with van der Waals surface area (Å²) in [5, 5.41) is 14.3. The van der Waals surface area contributed by atoms with Gasteiger partial charge in [-0.05, 0) is 12.5 Å². The van der Waals surface area contributed by atoms with Crippen LogP contribution in [0, 0.1) is 6.92 Å². The SMILES string of the molecule is Cc1cnn(C[C@H]2CNC(=O)c3sc(-c4cn[nH]c4)c4c3N2CCO4)c1. The van der Waals surface area contributed by atoms with Gasteiger partial charge in [0.15, 0.2) is 5.75 Å². The van der Waals surface area contributed by atoms with Crippen molar-refractivity contribution in [2.75, 3.05) is 24.6 Å². The fourth-order valence-corrected chi connectivity index (χ4v) is 4.74. The Morgan fingerprint density at radius 1 is 1.38 bits per heavy atom. The van der Waals surface area contributed by atoms with E-state index in [1.807, 2.05) is 30.2 Å². The quantitative estimate of drug-likeness (QED) is 0.732. The molecule has 1 amide bonds. The van der Waals surface area contributed by atoms with Gasteiger partial charge in [-0.3, -0.25) is 14.6 Å². The van der Waals surface area contributed by atoms with Gasteiger partial charge < -0.3 is 15.0 Å². The number of amides is 1. The fourth-order valence-electron chi connectivity index (χ4n) is 3.59. The van der Waals surface area contributed by atoms with E-state index in [1.54, 1.807) is 6.20 Å². The summed E-state index contributed by atoms with van der Waals surface area (Å²) in [5.74, 6) is 0.743. The fraction of sp³-hybridized carbons (Fsp3) is 0.353. The third-order valence-corrected chi connectivity index (χ3v) is 5.98. The van der Waals surface area contributed by atoms with Crippen LogP contribution < -0.4 is 15.0 Å². The molecule has 0 spiro atoms. The first-order valence-corrected chi connectivity index (χ1v) is 9.35. The van der Waals surface area contributed by atoms with Gasteiger partial charge in [0.2, 0.25) is 0 Å². The molecule has 0 bridgehead atoms. The monoisotopic (exact) mass is 370 g/mol. The second-order valence-electron chi connectivity index (χ2n) is 6.57. The van der Waals surface area contributed by atoms with Crippen molar-refractivity contribution in [2.24, 2.45) is 0 Å². The van der Waals surface area contributed by atoms with E-state index in [2.05, 4.69) is 25.5 Å². The maximum atomic E-state index is 12.7. The lowest BCUT2D eigenvalue weighted by Crippen LogP contribution is -2.47. The molecule has 5 rings (SSSR count). The summed E-state index contributed by atoms with van der Waals surface area (Å²) in [5.41, 5.74) is 2.97. The van der Waals surface area contributed by atoms with Crippen LogP contribution in [0.25, 0.3) is 10.4 Å². The molecule has 0 saturated heterocycles. The Bertz CT molecular complexity index is 960. The van der Waals surface area contributed by atoms with E-state index >= 15 is 0 Å². The minimum Gasteiger partial charge on any atom is -0.488 e. The van der Waals surface area contributed by atoms with Crippen molar-refractivity contribution >= 4 is 22.9 Å². The molecule has 3 aromatic rings. The summed E-state index contributed by atoms with van der Waals surface area (Å²) < 4.78 is 7.94. The van der Waals surface area contributed by atoms with Gasteiger partial charge in [0.05, 0.1) is 36.4 Å². The van der Waals surface area contributed by atoms with Crippen molar-refractivity contribution in [1.29, 1.82) is 0 Å². The summed E-state index contributed by atoms with van der Waals surface area (Å²) in [6.07, 6.45) is 7.46. The Hall–Kier alpha value is -2.81. The Morgan fingerprint density at radius 2 is 2.31 bits per heavy atom. The van der Waals surface area contributed by atoms with E-state index in [0.717, 1.165) is 34.0 Å². The van der Waals surface area contributed by atoms with Gasteiger partial charge in [-0.25, -0.2) is 0 Å². The predicted molar refractivity (Wildman–Crippen MR) is 97.8 cm³/mol. The largest absolute Gasteiger partial charge is 0.488 e. The first-order chi connectivity index (χ1) is 12.7. The Morgan fingerprint density at radius 3 is 3.08 bits per heavy atom. The standard InChI is InChI=1S/C17H18N6O2S/c1-10-4-21-22(8-10)9-12-7-18-17(24)16-13-14(25-3-2-23(12)13)15(26-16)11-5-19-20-6-11/h4-6,8,12H,2-3,7,9H2,1H3,(H,18,24)(H,19,20)/t12-/m1/s1. The van der Waals surface area contributed by atoms with Gasteiger partial charge in [-0.1, -0.05) is 0 Å². The molecule has 0 fully saturated rings. The molecule has 0 unspecified atom stereocenters. The summed E-state index contributed by atoms with van der Waals surface area (Å²) in [4.78, 5) is 16.6. The number of hydrogen-bond donors (Lipinski definition) is 2. The molecule has 9 heteroatoms. The molecule has 3 aromatic heterocycles. The number of anilines is 1. The number of aromatic nitrogens is 4. The molecule has 0 saturated carbocycles. The van der Waals surface area contributed by atoms with Crippen LogP contribution in [0.5, 0.6) is 5.75 Å². The summed E-state index contributed by atoms with van der Waals surface area (Å²) in [7, 11) is 0. The van der Waals surface area contributed by atoms with Crippen LogP contribution in [0.1, 0.15) is 15.2 Å². The lowest BCUT2D eigenvalue weighted by Gasteiger charge is -2.35. The number of thiophene rings is 1. The van der Waals surface area contributed by atoms with E-state index in [1.165, 1.54) is 11.3 Å². The molecule has 2 aliphatic rings. The van der Waals surface area contributed by atoms with E-state index in [9.17, 15) is 4.79 Å². The number of ether oxygens (including phenoxy) is 1. The zero-order valence-electron chi connectivity index (χ0n) is 14.2. The van der Waals surface area contributed by atoms with Crippen molar-refractivity contribution in [3.63, 3.8) is 0 Å². The predicted octanol–water partition coefficient (Wildman–Crippen LogP) is 1.65. The van der Waals surface area contributed by atoms with Gasteiger partial charge >= 0.3 is 0 Å². The molecule has 8 nitrogen and oxygen atoms in total. The van der Waals surface area contributed by atoms with E-state index < -0.39 is 0 Å². The van der Waals surface area contributed by atoms with Crippen molar-refractivity contribution < 1.29 is 9.53 Å². The molecule has 26 heavy (non-hydrogen) atoms. The zero-order chi connectivity index (χ0) is 17.7. The van der Waals surface area contributed by atoms with Crippen molar-refractivity contribution in [3.8, 4) is 16.2 Å². The van der Waals surface area contributed by atoms with Crippen LogP contribution in [-0.2, 0) is 6.54 Å². The highest BCUT2D eigenvalue weighted by molar-refractivity contribution is 7.18. The first-order valence-electron chi connectivity index (χ1n) is 8.53. The minimum absolute atomic E-state index is 0.0457. The maximum Gasteiger partial charge on any atom is 0.263 e. The van der Waals surface area contributed by atoms with Gasteiger partial charge in [-0.15, -0.1) is 11.3 Å². The highest BCUT2D eigenvalue weighted by Crippen LogP contribution is 2.50. The normalized spacial score (nSPS) is 18.9. The number of carbonyl (C=O) groups is 1. The third kappa shape index (κ3) is 2.38. The van der Waals surface area contributed by atoms with Crippen molar-refractivity contribution in [3.05, 3.63) is 35.2 Å². The van der Waals surface area contributed by atoms with Crippen molar-refractivity contribution in [1.82, 2.24) is 25.3 Å². The molecular weight excluding hydrogens is 352 g/mol. The molecule has 134 valence electrons. The van der Waals surface area contributed by atoms with Crippen LogP contribution in [0.2, 0.25) is 0 Å². The smallest absolute Gasteiger partial charge is 0.263 e. The second kappa shape index (κ2) is 5.87. The number of aryl methyl sites for hydroxylation is 1. The van der Waals surface area contributed by atoms with Gasteiger partial charge in [0.1, 0.15) is 17.2 Å². The van der Waals surface area contributed by atoms with E-state index in [-0.39, 0.29) is 11.9 Å². The first kappa shape index (κ1) is 15.4. The van der Waals surface area contributed by atoms with E-state index in [4.69, 9.17) is 4.74 Å². The molecule has 0 aromatic carbocycles. The number of nitrogens with zero attached hydrogens (tertiary/aromatic N) is 4. The van der Waals surface area contributed by atoms with Crippen LogP contribution >= 0.6 is 11.3 Å². The number of H-pyrrole nitrogens is 1. The van der Waals surface area contributed by atoms with Gasteiger partial charge in [-0.2, -0.15) is 10.2 Å². The lowest BCUT2D eigenvalue weighted by atomic mass is 10.1. The second-order valence-corrected chi connectivity index (χ2v) is 7.59. The van der Waals surface area contributed by atoms with Crippen LogP contribution in [0.3, 0.4) is 0 Å². The third-order valence-electron chi connectivity index (χ3n) is 4.77. The van der Waals surface area contributed by atoms with Crippen molar-refractivity contribution in [2.45, 2.75) is 19.5 Å². The zero-order valence-corrected chi connectivity index (χ0v) is 15.0. The molecule has 5 heterocycles. The van der Waals surface area contributed by atoms with E-state index in [0.29, 0.717) is 24.6 Å². The number of rotatable bonds is 3. The Labute approximate surface area is 153 Å². The average molecular weight is 370 g/mol. The van der Waals surface area contributed by atoms with Gasteiger partial charge in [0, 0.05) is 24.5 Å². The highest BCUT2D eigenvalue weighted by atomic mass is 32.1. The minimum atomic E-state index is -0.0457. The number of carbonyl (C=O) groups excluding carboxylic acids is 1. The number of hydrogen-bond acceptors (Lipinski definition) is 6. The topological polar surface area (TPSA) is 88.1 Å². The lowest BCUT2D eigenvalue weighted by molar-refractivity contribution is 0.0958. The highest BCUT2D eigenvalue weighted by Gasteiger charge is 2.37. The summed E-state index contributed by atoms with van der Waals surface area (Å²) in [6.45, 7) is 4.67. The van der Waals surface area contributed by atoms with Crippen LogP contribution in [-0.4, -0.2) is 51.6 Å². The van der Waals surface area contributed by atoms with Gasteiger partial charge in [0.25, 0.3) is 5.91 Å². The number of nitrogens with one attached hydrogen (secondary N) is 2. The summed E-state index contributed by atoms with van der Waals surface area (Å²) in [6, 6.07) is 0.119.